The molecule has 0 radical (unpaired) electrons. The zero-order chi connectivity index (χ0) is 22.8. The van der Waals surface area contributed by atoms with Crippen molar-refractivity contribution in [2.24, 2.45) is 0 Å². The molecule has 0 aromatic heterocycles. The van der Waals surface area contributed by atoms with Crippen LogP contribution in [0.5, 0.6) is 11.5 Å². The molecule has 1 heterocycles. The molecule has 168 valence electrons. The Morgan fingerprint density at radius 3 is 2.73 bits per heavy atom. The Bertz CT molecular complexity index is 1200. The van der Waals surface area contributed by atoms with E-state index in [0.717, 1.165) is 22.9 Å². The number of benzene rings is 3. The SMILES string of the molecule is C=C(/C=C/c1ccc2c(c1)C1CCCC1N2c1cccc(OC)c1)Nc1ccccc1OC. The summed E-state index contributed by atoms with van der Waals surface area (Å²) in [7, 11) is 3.40. The second-order valence-electron chi connectivity index (χ2n) is 8.68. The molecular formula is C29H30N2O2. The number of para-hydroxylation sites is 2. The monoisotopic (exact) mass is 438 g/mol. The molecule has 0 amide bonds. The Hall–Kier alpha value is -3.66. The quantitative estimate of drug-likeness (QED) is 0.398. The van der Waals surface area contributed by atoms with Crippen LogP contribution in [0.3, 0.4) is 0 Å². The summed E-state index contributed by atoms with van der Waals surface area (Å²) >= 11 is 0. The van der Waals surface area contributed by atoms with Gasteiger partial charge in [-0.25, -0.2) is 0 Å². The highest BCUT2D eigenvalue weighted by Gasteiger charge is 2.42. The number of hydrogen-bond donors (Lipinski definition) is 1. The van der Waals surface area contributed by atoms with Crippen LogP contribution in [0.15, 0.2) is 85.1 Å². The van der Waals surface area contributed by atoms with Gasteiger partial charge in [-0.05, 0) is 66.4 Å². The molecule has 0 saturated heterocycles. The fourth-order valence-electron chi connectivity index (χ4n) is 5.23. The van der Waals surface area contributed by atoms with E-state index >= 15 is 0 Å². The third-order valence-electron chi connectivity index (χ3n) is 6.73. The second kappa shape index (κ2) is 9.07. The molecule has 5 rings (SSSR count). The molecule has 4 heteroatoms. The Balaban J connectivity index is 1.39. The molecule has 0 bridgehead atoms. The van der Waals surface area contributed by atoms with Crippen LogP contribution >= 0.6 is 0 Å². The van der Waals surface area contributed by atoms with E-state index in [-0.39, 0.29) is 0 Å². The Labute approximate surface area is 196 Å². The maximum atomic E-state index is 5.49. The van der Waals surface area contributed by atoms with Crippen molar-refractivity contribution in [1.29, 1.82) is 0 Å². The van der Waals surface area contributed by atoms with Gasteiger partial charge in [-0.2, -0.15) is 0 Å². The predicted octanol–water partition coefficient (Wildman–Crippen LogP) is 7.13. The van der Waals surface area contributed by atoms with Crippen molar-refractivity contribution < 1.29 is 9.47 Å². The van der Waals surface area contributed by atoms with E-state index in [1.807, 2.05) is 36.4 Å². The Morgan fingerprint density at radius 2 is 1.88 bits per heavy atom. The lowest BCUT2D eigenvalue weighted by molar-refractivity contribution is 0.415. The smallest absolute Gasteiger partial charge is 0.142 e. The van der Waals surface area contributed by atoms with Gasteiger partial charge in [0.25, 0.3) is 0 Å². The standard InChI is InChI=1S/C29H30N2O2/c1-20(30-26-11-4-5-13-29(26)33-3)14-15-21-16-17-28-25(18-21)24-10-7-12-27(24)31(28)22-8-6-9-23(19-22)32-2/h4-6,8-9,11,13-19,24,27,30H,1,7,10,12H2,2-3H3/b15-14+. The first-order chi connectivity index (χ1) is 16.2. The van der Waals surface area contributed by atoms with E-state index in [1.54, 1.807) is 14.2 Å². The number of fused-ring (bicyclic) bond motifs is 3. The number of hydrogen-bond acceptors (Lipinski definition) is 4. The minimum Gasteiger partial charge on any atom is -0.497 e. The highest BCUT2D eigenvalue weighted by Crippen LogP contribution is 2.52. The highest BCUT2D eigenvalue weighted by atomic mass is 16.5. The van der Waals surface area contributed by atoms with E-state index in [9.17, 15) is 0 Å². The van der Waals surface area contributed by atoms with Crippen molar-refractivity contribution in [3.05, 3.63) is 96.2 Å². The topological polar surface area (TPSA) is 33.7 Å². The molecule has 2 atom stereocenters. The summed E-state index contributed by atoms with van der Waals surface area (Å²) in [6, 6.07) is 23.6. The number of nitrogens with zero attached hydrogens (tertiary/aromatic N) is 1. The fourth-order valence-corrected chi connectivity index (χ4v) is 5.23. The molecule has 3 aromatic rings. The van der Waals surface area contributed by atoms with Gasteiger partial charge in [0.05, 0.1) is 19.9 Å². The van der Waals surface area contributed by atoms with Gasteiger partial charge in [0.1, 0.15) is 11.5 Å². The van der Waals surface area contributed by atoms with Crippen LogP contribution in [0.1, 0.15) is 36.3 Å². The van der Waals surface area contributed by atoms with E-state index in [0.29, 0.717) is 12.0 Å². The lowest BCUT2D eigenvalue weighted by Gasteiger charge is -2.27. The van der Waals surface area contributed by atoms with Gasteiger partial charge in [0.15, 0.2) is 0 Å². The molecule has 0 spiro atoms. The molecule has 1 N–H and O–H groups in total. The van der Waals surface area contributed by atoms with Gasteiger partial charge < -0.3 is 19.7 Å². The summed E-state index contributed by atoms with van der Waals surface area (Å²) in [6.45, 7) is 4.16. The molecule has 1 fully saturated rings. The van der Waals surface area contributed by atoms with Crippen molar-refractivity contribution >= 4 is 23.1 Å². The first-order valence-corrected chi connectivity index (χ1v) is 11.5. The van der Waals surface area contributed by atoms with Crippen molar-refractivity contribution in [3.8, 4) is 11.5 Å². The zero-order valence-corrected chi connectivity index (χ0v) is 19.3. The largest absolute Gasteiger partial charge is 0.497 e. The second-order valence-corrected chi connectivity index (χ2v) is 8.68. The van der Waals surface area contributed by atoms with Crippen LogP contribution in [0.25, 0.3) is 6.08 Å². The average molecular weight is 439 g/mol. The third kappa shape index (κ3) is 4.09. The summed E-state index contributed by atoms with van der Waals surface area (Å²) in [6.07, 6.45) is 7.89. The summed E-state index contributed by atoms with van der Waals surface area (Å²) < 4.78 is 10.9. The normalized spacial score (nSPS) is 18.8. The van der Waals surface area contributed by atoms with Crippen molar-refractivity contribution in [2.45, 2.75) is 31.2 Å². The number of rotatable bonds is 7. The Morgan fingerprint density at radius 1 is 1.00 bits per heavy atom. The fraction of sp³-hybridized carbons (Fsp3) is 0.241. The summed E-state index contributed by atoms with van der Waals surface area (Å²) in [5.74, 6) is 2.28. The van der Waals surface area contributed by atoms with E-state index in [1.165, 1.54) is 41.8 Å². The van der Waals surface area contributed by atoms with Crippen LogP contribution in [0, 0.1) is 0 Å². The van der Waals surface area contributed by atoms with Gasteiger partial charge in [-0.3, -0.25) is 0 Å². The van der Waals surface area contributed by atoms with E-state index in [4.69, 9.17) is 9.47 Å². The first kappa shape index (κ1) is 21.2. The average Bonchev–Trinajstić information content (AvgIpc) is 3.44. The molecule has 33 heavy (non-hydrogen) atoms. The van der Waals surface area contributed by atoms with Crippen LogP contribution < -0.4 is 19.7 Å². The minimum absolute atomic E-state index is 0.522. The number of allylic oxidation sites excluding steroid dienone is 1. The predicted molar refractivity (Wildman–Crippen MR) is 137 cm³/mol. The van der Waals surface area contributed by atoms with E-state index in [2.05, 4.69) is 59.3 Å². The molecule has 3 aromatic carbocycles. The summed E-state index contributed by atoms with van der Waals surface area (Å²) in [5, 5.41) is 3.33. The number of ether oxygens (including phenoxy) is 2. The minimum atomic E-state index is 0.522. The van der Waals surface area contributed by atoms with Crippen molar-refractivity contribution in [2.75, 3.05) is 24.4 Å². The number of methoxy groups -OCH3 is 2. The molecule has 1 aliphatic carbocycles. The summed E-state index contributed by atoms with van der Waals surface area (Å²) in [4.78, 5) is 2.52. The zero-order valence-electron chi connectivity index (χ0n) is 19.3. The van der Waals surface area contributed by atoms with Crippen LogP contribution in [0.2, 0.25) is 0 Å². The molecule has 1 saturated carbocycles. The van der Waals surface area contributed by atoms with Gasteiger partial charge in [-0.15, -0.1) is 0 Å². The first-order valence-electron chi connectivity index (χ1n) is 11.5. The number of anilines is 3. The highest BCUT2D eigenvalue weighted by molar-refractivity contribution is 5.76. The molecule has 4 nitrogen and oxygen atoms in total. The molecule has 2 unspecified atom stereocenters. The summed E-state index contributed by atoms with van der Waals surface area (Å²) in [5.41, 5.74) is 6.90. The third-order valence-corrected chi connectivity index (χ3v) is 6.73. The lowest BCUT2D eigenvalue weighted by Crippen LogP contribution is -2.26. The van der Waals surface area contributed by atoms with E-state index < -0.39 is 0 Å². The maximum Gasteiger partial charge on any atom is 0.142 e. The maximum absolute atomic E-state index is 5.49. The van der Waals surface area contributed by atoms with Gasteiger partial charge in [0.2, 0.25) is 0 Å². The lowest BCUT2D eigenvalue weighted by atomic mass is 9.96. The Kier molecular flexibility index (Phi) is 5.82. The number of nitrogens with one attached hydrogen (secondary N) is 1. The molecular weight excluding hydrogens is 408 g/mol. The molecule has 2 aliphatic rings. The molecule has 1 aliphatic heterocycles. The van der Waals surface area contributed by atoms with Gasteiger partial charge in [-0.1, -0.05) is 43.3 Å². The van der Waals surface area contributed by atoms with Crippen molar-refractivity contribution in [1.82, 2.24) is 0 Å². The van der Waals surface area contributed by atoms with Gasteiger partial charge in [0, 0.05) is 35.1 Å². The van der Waals surface area contributed by atoms with Crippen LogP contribution in [-0.4, -0.2) is 20.3 Å². The van der Waals surface area contributed by atoms with Crippen LogP contribution in [-0.2, 0) is 0 Å². The van der Waals surface area contributed by atoms with Crippen LogP contribution in [0.4, 0.5) is 17.1 Å². The van der Waals surface area contributed by atoms with Gasteiger partial charge >= 0.3 is 0 Å². The van der Waals surface area contributed by atoms with Crippen molar-refractivity contribution in [3.63, 3.8) is 0 Å².